The number of thioether (sulfide) groups is 2. The van der Waals surface area contributed by atoms with Crippen LogP contribution in [-0.4, -0.2) is 96.3 Å². The van der Waals surface area contributed by atoms with Gasteiger partial charge >= 0.3 is 11.9 Å². The molecule has 0 aromatic carbocycles. The fraction of sp³-hybridized carbons (Fsp3) is 0.524. The van der Waals surface area contributed by atoms with Crippen molar-refractivity contribution in [1.82, 2.24) is 25.4 Å². The number of carbonyl (C=O) groups is 4. The average molecular weight is 650 g/mol. The molecule has 4 rings (SSSR count). The Morgan fingerprint density at radius 1 is 1.40 bits per heavy atom. The number of carbonyl (C=O) groups excluding carboxylic acids is 3. The van der Waals surface area contributed by atoms with Gasteiger partial charge in [-0.1, -0.05) is 51.2 Å². The standard InChI is InChI=1S/C21H24ClN7O7S4/c1-20(2,3)36-9(30)4-35-28-11(10-13(22)40-18(23)26-10)14(31)25-12-15(32)29-5-21(17(33)34,6-37-16(12)29)7-38-19-27-24-8-39-19/h8,12,16H,4-7H2,1-3H3,(H2,23,26)(H,25,31)(H,33,34)/t12?,16-,21?/m1/s1. The first-order valence-electron chi connectivity index (χ1n) is 11.5. The Morgan fingerprint density at radius 3 is 2.75 bits per heavy atom. The summed E-state index contributed by atoms with van der Waals surface area (Å²) in [5, 5.41) is 23.6. The van der Waals surface area contributed by atoms with Gasteiger partial charge in [-0.3, -0.25) is 14.4 Å². The van der Waals surface area contributed by atoms with Crippen molar-refractivity contribution in [3.05, 3.63) is 15.5 Å². The van der Waals surface area contributed by atoms with Crippen LogP contribution < -0.4 is 11.1 Å². The summed E-state index contributed by atoms with van der Waals surface area (Å²) in [6.45, 7) is 4.44. The van der Waals surface area contributed by atoms with Crippen LogP contribution in [0.15, 0.2) is 15.0 Å². The minimum Gasteiger partial charge on any atom is -0.481 e. The lowest BCUT2D eigenvalue weighted by atomic mass is 9.89. The number of nitrogens with one attached hydrogen (secondary N) is 1. The molecule has 0 aliphatic carbocycles. The van der Waals surface area contributed by atoms with E-state index in [0.717, 1.165) is 11.3 Å². The van der Waals surface area contributed by atoms with E-state index in [1.807, 2.05) is 0 Å². The summed E-state index contributed by atoms with van der Waals surface area (Å²) in [6.07, 6.45) is 0. The van der Waals surface area contributed by atoms with E-state index >= 15 is 0 Å². The molecule has 0 saturated carbocycles. The minimum absolute atomic E-state index is 0.0224. The first-order valence-corrected chi connectivity index (χ1v) is 15.6. The zero-order valence-electron chi connectivity index (χ0n) is 21.3. The van der Waals surface area contributed by atoms with Gasteiger partial charge in [0.15, 0.2) is 15.2 Å². The van der Waals surface area contributed by atoms with Crippen LogP contribution in [0.3, 0.4) is 0 Å². The molecule has 0 bridgehead atoms. The summed E-state index contributed by atoms with van der Waals surface area (Å²) in [7, 11) is 0. The molecular formula is C21H24ClN7O7S4. The molecule has 0 radical (unpaired) electrons. The molecule has 40 heavy (non-hydrogen) atoms. The molecule has 14 nitrogen and oxygen atoms in total. The van der Waals surface area contributed by atoms with Crippen LogP contribution in [0.25, 0.3) is 0 Å². The number of oxime groups is 1. The van der Waals surface area contributed by atoms with Gasteiger partial charge in [-0.05, 0) is 20.8 Å². The lowest BCUT2D eigenvalue weighted by molar-refractivity contribution is -0.160. The number of fused-ring (bicyclic) bond motifs is 1. The second-order valence-corrected chi connectivity index (χ2v) is 14.5. The highest BCUT2D eigenvalue weighted by atomic mass is 35.5. The van der Waals surface area contributed by atoms with Crippen LogP contribution in [0.2, 0.25) is 4.34 Å². The minimum atomic E-state index is -1.20. The van der Waals surface area contributed by atoms with Crippen LogP contribution in [0.4, 0.5) is 5.13 Å². The van der Waals surface area contributed by atoms with Crippen molar-refractivity contribution in [1.29, 1.82) is 0 Å². The number of carboxylic acids is 1. The smallest absolute Gasteiger partial charge is 0.347 e. The molecule has 0 spiro atoms. The number of thiazole rings is 1. The molecule has 2 aromatic heterocycles. The number of aromatic nitrogens is 3. The van der Waals surface area contributed by atoms with Crippen molar-refractivity contribution >= 4 is 92.4 Å². The SMILES string of the molecule is CC(C)(C)OC(=O)CON=C(C(=O)NC1C(=O)N2CC(CSc3nncs3)(C(=O)O)CS[C@H]12)c1nc(N)sc1Cl. The van der Waals surface area contributed by atoms with Crippen molar-refractivity contribution in [2.75, 3.05) is 30.4 Å². The van der Waals surface area contributed by atoms with E-state index in [1.165, 1.54) is 39.8 Å². The summed E-state index contributed by atoms with van der Waals surface area (Å²) < 4.78 is 5.84. The maximum Gasteiger partial charge on any atom is 0.347 e. The monoisotopic (exact) mass is 649 g/mol. The number of nitrogens with zero attached hydrogens (tertiary/aromatic N) is 5. The lowest BCUT2D eigenvalue weighted by Gasteiger charge is -2.53. The van der Waals surface area contributed by atoms with Gasteiger partial charge in [-0.2, -0.15) is 0 Å². The molecule has 2 saturated heterocycles. The van der Waals surface area contributed by atoms with E-state index in [1.54, 1.807) is 26.3 Å². The highest BCUT2D eigenvalue weighted by Crippen LogP contribution is 2.44. The van der Waals surface area contributed by atoms with Crippen molar-refractivity contribution in [2.45, 2.75) is 42.1 Å². The average Bonchev–Trinajstić information content (AvgIpc) is 3.51. The van der Waals surface area contributed by atoms with Crippen LogP contribution in [0.1, 0.15) is 26.5 Å². The number of hydrogen-bond donors (Lipinski definition) is 3. The van der Waals surface area contributed by atoms with Crippen molar-refractivity contribution < 1.29 is 33.9 Å². The Hall–Kier alpha value is -2.67. The quantitative estimate of drug-likeness (QED) is 0.110. The first kappa shape index (κ1) is 30.3. The Morgan fingerprint density at radius 2 is 2.15 bits per heavy atom. The summed E-state index contributed by atoms with van der Waals surface area (Å²) in [5.74, 6) is -2.61. The van der Waals surface area contributed by atoms with Crippen molar-refractivity contribution in [3.8, 4) is 0 Å². The number of rotatable bonds is 10. The summed E-state index contributed by atoms with van der Waals surface area (Å²) in [4.78, 5) is 61.0. The number of amides is 2. The lowest BCUT2D eigenvalue weighted by Crippen LogP contribution is -2.74. The predicted octanol–water partition coefficient (Wildman–Crippen LogP) is 1.56. The number of aliphatic carboxylic acids is 1. The number of halogens is 1. The largest absolute Gasteiger partial charge is 0.481 e. The summed E-state index contributed by atoms with van der Waals surface area (Å²) in [5.41, 5.74) is 4.86. The summed E-state index contributed by atoms with van der Waals surface area (Å²) in [6, 6.07) is -0.953. The van der Waals surface area contributed by atoms with Crippen LogP contribution in [-0.2, 0) is 28.8 Å². The van der Waals surface area contributed by atoms with Gasteiger partial charge in [-0.25, -0.2) is 9.78 Å². The normalized spacial score (nSPS) is 22.8. The van der Waals surface area contributed by atoms with Gasteiger partial charge in [-0.15, -0.1) is 22.0 Å². The van der Waals surface area contributed by atoms with Gasteiger partial charge in [0, 0.05) is 18.1 Å². The maximum atomic E-state index is 13.2. The molecule has 2 aliphatic rings. The van der Waals surface area contributed by atoms with Gasteiger partial charge in [0.2, 0.25) is 12.5 Å². The highest BCUT2D eigenvalue weighted by Gasteiger charge is 2.57. The van der Waals surface area contributed by atoms with Crippen molar-refractivity contribution in [3.63, 3.8) is 0 Å². The number of β-lactam (4-membered cyclic amide) rings is 1. The van der Waals surface area contributed by atoms with Gasteiger partial charge in [0.25, 0.3) is 5.91 Å². The number of nitrogen functional groups attached to an aromatic ring is 1. The van der Waals surface area contributed by atoms with Crippen LogP contribution >= 0.6 is 57.8 Å². The van der Waals surface area contributed by atoms with E-state index in [0.29, 0.717) is 4.34 Å². The van der Waals surface area contributed by atoms with E-state index in [2.05, 4.69) is 25.7 Å². The Balaban J connectivity index is 1.44. The fourth-order valence-electron chi connectivity index (χ4n) is 3.72. The first-order chi connectivity index (χ1) is 18.8. The Bertz CT molecular complexity index is 1330. The van der Waals surface area contributed by atoms with Crippen LogP contribution in [0, 0.1) is 5.41 Å². The molecule has 2 aliphatic heterocycles. The molecule has 4 N–H and O–H groups in total. The van der Waals surface area contributed by atoms with E-state index in [-0.39, 0.29) is 38.9 Å². The third kappa shape index (κ3) is 6.79. The molecule has 2 aromatic rings. The van der Waals surface area contributed by atoms with Gasteiger partial charge in [0.1, 0.15) is 38.0 Å². The predicted molar refractivity (Wildman–Crippen MR) is 150 cm³/mol. The Labute approximate surface area is 249 Å². The zero-order chi connectivity index (χ0) is 29.2. The van der Waals surface area contributed by atoms with Gasteiger partial charge in [0.05, 0.1) is 0 Å². The molecular weight excluding hydrogens is 626 g/mol. The van der Waals surface area contributed by atoms with E-state index in [4.69, 9.17) is 26.9 Å². The molecule has 2 amide bonds. The van der Waals surface area contributed by atoms with Gasteiger partial charge < -0.3 is 30.6 Å². The molecule has 4 heterocycles. The number of nitrogens with two attached hydrogens (primary N) is 1. The van der Waals surface area contributed by atoms with Crippen LogP contribution in [0.5, 0.6) is 0 Å². The number of anilines is 1. The molecule has 2 unspecified atom stereocenters. The fourth-order valence-corrected chi connectivity index (χ4v) is 7.99. The zero-order valence-corrected chi connectivity index (χ0v) is 25.3. The molecule has 216 valence electrons. The molecule has 2 fully saturated rings. The Kier molecular flexibility index (Phi) is 9.13. The third-order valence-electron chi connectivity index (χ3n) is 5.50. The summed E-state index contributed by atoms with van der Waals surface area (Å²) >= 11 is 10.9. The number of esters is 1. The number of ether oxygens (including phenoxy) is 1. The third-order valence-corrected chi connectivity index (χ3v) is 10.3. The number of hydrogen-bond acceptors (Lipinski definition) is 15. The second-order valence-electron chi connectivity index (χ2n) is 9.67. The number of carboxylic acid groups (broad SMARTS) is 1. The van der Waals surface area contributed by atoms with E-state index < -0.39 is 52.8 Å². The second kappa shape index (κ2) is 12.1. The van der Waals surface area contributed by atoms with Crippen molar-refractivity contribution in [2.24, 2.45) is 10.6 Å². The molecule has 3 atom stereocenters. The highest BCUT2D eigenvalue weighted by molar-refractivity contribution is 8.01. The topological polar surface area (TPSA) is 199 Å². The van der Waals surface area contributed by atoms with E-state index in [9.17, 15) is 24.3 Å². The maximum absolute atomic E-state index is 13.2. The molecule has 19 heteroatoms.